The van der Waals surface area contributed by atoms with Crippen molar-refractivity contribution in [1.82, 2.24) is 16.0 Å². The van der Waals surface area contributed by atoms with Crippen molar-refractivity contribution in [3.8, 4) is 0 Å². The Morgan fingerprint density at radius 1 is 0.852 bits per heavy atom. The second kappa shape index (κ2) is 16.2. The first-order valence-corrected chi connectivity index (χ1v) is 10.5. The minimum atomic E-state index is -0.0768. The van der Waals surface area contributed by atoms with Gasteiger partial charge in [0.05, 0.1) is 0 Å². The van der Waals surface area contributed by atoms with Crippen LogP contribution in [0.2, 0.25) is 0 Å². The van der Waals surface area contributed by atoms with Gasteiger partial charge in [-0.1, -0.05) is 49.8 Å². The van der Waals surface area contributed by atoms with Crippen molar-refractivity contribution >= 4 is 11.9 Å². The molecule has 0 saturated heterocycles. The lowest BCUT2D eigenvalue weighted by Gasteiger charge is -2.05. The molecule has 5 nitrogen and oxygen atoms in total. The number of allylic oxidation sites excluding steroid dienone is 5. The second-order valence-corrected chi connectivity index (χ2v) is 6.94. The molecule has 3 amide bonds. The van der Waals surface area contributed by atoms with Gasteiger partial charge in [-0.25, -0.2) is 4.79 Å². The highest BCUT2D eigenvalue weighted by Crippen LogP contribution is 2.18. The third-order valence-electron chi connectivity index (χ3n) is 4.17. The van der Waals surface area contributed by atoms with Gasteiger partial charge in [-0.05, 0) is 51.4 Å². The minimum Gasteiger partial charge on any atom is -0.353 e. The Kier molecular flexibility index (Phi) is 13.8. The van der Waals surface area contributed by atoms with Crippen molar-refractivity contribution in [1.29, 1.82) is 0 Å². The maximum atomic E-state index is 11.5. The standard InChI is InChI=1S/C22H37N3O2/c1-2-3-18-23-22(27)24-19-14-12-10-8-6-4-5-7-9-11-13-15-21(26)25-20-16-17-20/h4,6-7,9-10,12,20H,2-3,5,8,11,13-19H2,1H3,(H,25,26)(H2,23,24,27)/b6-4-,9-7-,12-10-. The molecule has 1 saturated carbocycles. The summed E-state index contributed by atoms with van der Waals surface area (Å²) in [5.41, 5.74) is 0. The maximum Gasteiger partial charge on any atom is 0.314 e. The molecule has 0 spiro atoms. The molecule has 27 heavy (non-hydrogen) atoms. The highest BCUT2D eigenvalue weighted by Gasteiger charge is 2.22. The second-order valence-electron chi connectivity index (χ2n) is 6.94. The van der Waals surface area contributed by atoms with E-state index in [1.807, 2.05) is 0 Å². The predicted octanol–water partition coefficient (Wildman–Crippen LogP) is 4.37. The summed E-state index contributed by atoms with van der Waals surface area (Å²) >= 11 is 0. The molecule has 1 aliphatic rings. The normalized spacial score (nSPS) is 14.3. The number of hydrogen-bond donors (Lipinski definition) is 3. The fourth-order valence-electron chi connectivity index (χ4n) is 2.40. The van der Waals surface area contributed by atoms with Crippen LogP contribution in [0.25, 0.3) is 0 Å². The third kappa shape index (κ3) is 15.9. The molecular formula is C22H37N3O2. The van der Waals surface area contributed by atoms with Crippen LogP contribution in [0.3, 0.4) is 0 Å². The van der Waals surface area contributed by atoms with Gasteiger partial charge in [0, 0.05) is 25.6 Å². The molecule has 5 heteroatoms. The quantitative estimate of drug-likeness (QED) is 0.294. The summed E-state index contributed by atoms with van der Waals surface area (Å²) < 4.78 is 0. The summed E-state index contributed by atoms with van der Waals surface area (Å²) in [4.78, 5) is 22.9. The molecule has 0 unspecified atom stereocenters. The lowest BCUT2D eigenvalue weighted by molar-refractivity contribution is -0.121. The largest absolute Gasteiger partial charge is 0.353 e. The zero-order chi connectivity index (χ0) is 19.6. The molecule has 0 heterocycles. The van der Waals surface area contributed by atoms with Crippen molar-refractivity contribution in [2.75, 3.05) is 13.1 Å². The number of nitrogens with one attached hydrogen (secondary N) is 3. The lowest BCUT2D eigenvalue weighted by atomic mass is 10.2. The fourth-order valence-corrected chi connectivity index (χ4v) is 2.40. The molecule has 0 aliphatic heterocycles. The zero-order valence-electron chi connectivity index (χ0n) is 16.8. The van der Waals surface area contributed by atoms with Crippen LogP contribution in [0.4, 0.5) is 4.79 Å². The Bertz CT molecular complexity index is 494. The van der Waals surface area contributed by atoms with Gasteiger partial charge >= 0.3 is 6.03 Å². The van der Waals surface area contributed by atoms with Gasteiger partial charge in [-0.15, -0.1) is 0 Å². The first-order valence-electron chi connectivity index (χ1n) is 10.5. The molecule has 0 aromatic carbocycles. The topological polar surface area (TPSA) is 70.2 Å². The Hall–Kier alpha value is -2.04. The van der Waals surface area contributed by atoms with E-state index in [0.29, 0.717) is 19.0 Å². The molecule has 152 valence electrons. The van der Waals surface area contributed by atoms with E-state index in [1.165, 1.54) is 0 Å². The van der Waals surface area contributed by atoms with Gasteiger partial charge in [-0.2, -0.15) is 0 Å². The van der Waals surface area contributed by atoms with E-state index in [4.69, 9.17) is 0 Å². The lowest BCUT2D eigenvalue weighted by Crippen LogP contribution is -2.36. The number of carbonyl (C=O) groups is 2. The molecule has 0 aromatic heterocycles. The number of urea groups is 1. The van der Waals surface area contributed by atoms with Gasteiger partial charge in [0.2, 0.25) is 5.91 Å². The summed E-state index contributed by atoms with van der Waals surface area (Å²) in [6, 6.07) is 0.394. The zero-order valence-corrected chi connectivity index (χ0v) is 16.8. The minimum absolute atomic E-state index is 0.0768. The first-order chi connectivity index (χ1) is 13.2. The van der Waals surface area contributed by atoms with E-state index in [-0.39, 0.29) is 11.9 Å². The van der Waals surface area contributed by atoms with Gasteiger partial charge in [0.1, 0.15) is 0 Å². The number of unbranched alkanes of at least 4 members (excludes halogenated alkanes) is 2. The van der Waals surface area contributed by atoms with Crippen molar-refractivity contribution < 1.29 is 9.59 Å². The number of hydrogen-bond acceptors (Lipinski definition) is 2. The van der Waals surface area contributed by atoms with Gasteiger partial charge in [0.15, 0.2) is 0 Å². The van der Waals surface area contributed by atoms with E-state index in [0.717, 1.165) is 64.3 Å². The van der Waals surface area contributed by atoms with E-state index in [9.17, 15) is 9.59 Å². The van der Waals surface area contributed by atoms with Crippen molar-refractivity contribution in [2.45, 2.75) is 77.2 Å². The fraction of sp³-hybridized carbons (Fsp3) is 0.636. The van der Waals surface area contributed by atoms with Crippen LogP contribution >= 0.6 is 0 Å². The molecule has 0 aromatic rings. The van der Waals surface area contributed by atoms with Crippen LogP contribution < -0.4 is 16.0 Å². The SMILES string of the molecule is CCCCNC(=O)NCC/C=C\C/C=C\C/C=C\CCCC(=O)NC1CC1. The third-order valence-corrected chi connectivity index (χ3v) is 4.17. The highest BCUT2D eigenvalue weighted by atomic mass is 16.2. The van der Waals surface area contributed by atoms with E-state index < -0.39 is 0 Å². The van der Waals surface area contributed by atoms with Gasteiger partial charge < -0.3 is 16.0 Å². The van der Waals surface area contributed by atoms with Crippen molar-refractivity contribution in [2.24, 2.45) is 0 Å². The maximum absolute atomic E-state index is 11.5. The monoisotopic (exact) mass is 375 g/mol. The van der Waals surface area contributed by atoms with E-state index >= 15 is 0 Å². The summed E-state index contributed by atoms with van der Waals surface area (Å²) in [5.74, 6) is 0.199. The molecule has 3 N–H and O–H groups in total. The van der Waals surface area contributed by atoms with Crippen LogP contribution in [-0.4, -0.2) is 31.1 Å². The van der Waals surface area contributed by atoms with Crippen molar-refractivity contribution in [3.63, 3.8) is 0 Å². The summed E-state index contributed by atoms with van der Waals surface area (Å²) in [6.45, 7) is 3.51. The number of amides is 3. The highest BCUT2D eigenvalue weighted by molar-refractivity contribution is 5.76. The number of rotatable bonds is 15. The molecule has 0 atom stereocenters. The Morgan fingerprint density at radius 3 is 2.15 bits per heavy atom. The Labute approximate surface area is 164 Å². The summed E-state index contributed by atoms with van der Waals surface area (Å²) in [5, 5.41) is 8.68. The van der Waals surface area contributed by atoms with Gasteiger partial charge in [-0.3, -0.25) is 4.79 Å². The summed E-state index contributed by atoms with van der Waals surface area (Å²) in [7, 11) is 0. The van der Waals surface area contributed by atoms with Crippen LogP contribution in [0.1, 0.15) is 71.1 Å². The molecule has 1 aliphatic carbocycles. The molecule has 0 radical (unpaired) electrons. The summed E-state index contributed by atoms with van der Waals surface area (Å²) in [6.07, 6.45) is 22.5. The predicted molar refractivity (Wildman–Crippen MR) is 113 cm³/mol. The van der Waals surface area contributed by atoms with Gasteiger partial charge in [0.25, 0.3) is 0 Å². The number of carbonyl (C=O) groups excluding carboxylic acids is 2. The average Bonchev–Trinajstić information content (AvgIpc) is 3.46. The molecule has 1 fully saturated rings. The van der Waals surface area contributed by atoms with Crippen LogP contribution in [0.15, 0.2) is 36.5 Å². The Balaban J connectivity index is 1.86. The molecule has 1 rings (SSSR count). The first kappa shape index (κ1) is 23.0. The Morgan fingerprint density at radius 2 is 1.48 bits per heavy atom. The smallest absolute Gasteiger partial charge is 0.314 e. The van der Waals surface area contributed by atoms with E-state index in [2.05, 4.69) is 59.3 Å². The van der Waals surface area contributed by atoms with Crippen molar-refractivity contribution in [3.05, 3.63) is 36.5 Å². The van der Waals surface area contributed by atoms with Crippen LogP contribution in [0, 0.1) is 0 Å². The van der Waals surface area contributed by atoms with Crippen LogP contribution in [-0.2, 0) is 4.79 Å². The molecule has 0 bridgehead atoms. The van der Waals surface area contributed by atoms with Crippen LogP contribution in [0.5, 0.6) is 0 Å². The molecular weight excluding hydrogens is 338 g/mol. The van der Waals surface area contributed by atoms with E-state index in [1.54, 1.807) is 0 Å². The average molecular weight is 376 g/mol.